The van der Waals surface area contributed by atoms with Crippen LogP contribution in [0.2, 0.25) is 0 Å². The Morgan fingerprint density at radius 2 is 2.10 bits per heavy atom. The zero-order valence-electron chi connectivity index (χ0n) is 11.5. The van der Waals surface area contributed by atoms with Crippen LogP contribution >= 0.6 is 11.3 Å². The Morgan fingerprint density at radius 1 is 1.29 bits per heavy atom. The maximum Gasteiger partial charge on any atom is 0.345 e. The summed E-state index contributed by atoms with van der Waals surface area (Å²) in [5.41, 5.74) is 1.09. The van der Waals surface area contributed by atoms with Crippen molar-refractivity contribution in [1.29, 1.82) is 0 Å². The standard InChI is InChI=1S/C15H15NO4S/c1-10-3-2-4-11(9-10)20-8-7-13(17)16-14-6-5-12(21-14)15(18)19/h2-6,9H,7-8H2,1H3,(H,16,17)(H,18,19). The smallest absolute Gasteiger partial charge is 0.345 e. The lowest BCUT2D eigenvalue weighted by Crippen LogP contribution is -2.14. The van der Waals surface area contributed by atoms with Crippen LogP contribution in [0.5, 0.6) is 5.75 Å². The molecule has 2 aromatic rings. The number of carbonyl (C=O) groups excluding carboxylic acids is 1. The number of carbonyl (C=O) groups is 2. The van der Waals surface area contributed by atoms with Gasteiger partial charge in [0, 0.05) is 0 Å². The molecule has 1 aromatic carbocycles. The number of anilines is 1. The van der Waals surface area contributed by atoms with Gasteiger partial charge >= 0.3 is 5.97 Å². The van der Waals surface area contributed by atoms with Gasteiger partial charge in [0.1, 0.15) is 10.6 Å². The molecule has 0 saturated heterocycles. The van der Waals surface area contributed by atoms with Crippen LogP contribution in [0.25, 0.3) is 0 Å². The molecule has 0 radical (unpaired) electrons. The van der Waals surface area contributed by atoms with Gasteiger partial charge in [-0.3, -0.25) is 4.79 Å². The number of aromatic carboxylic acids is 1. The van der Waals surface area contributed by atoms with Gasteiger partial charge in [0.25, 0.3) is 0 Å². The summed E-state index contributed by atoms with van der Waals surface area (Å²) in [6.45, 7) is 2.24. The first kappa shape index (κ1) is 15.1. The van der Waals surface area contributed by atoms with Crippen molar-refractivity contribution in [2.75, 3.05) is 11.9 Å². The SMILES string of the molecule is Cc1cccc(OCCC(=O)Nc2ccc(C(=O)O)s2)c1. The molecule has 2 rings (SSSR count). The number of ether oxygens (including phenoxy) is 1. The minimum absolute atomic E-state index is 0.196. The van der Waals surface area contributed by atoms with E-state index in [0.717, 1.165) is 22.6 Å². The fraction of sp³-hybridized carbons (Fsp3) is 0.200. The van der Waals surface area contributed by atoms with Crippen LogP contribution in [0.15, 0.2) is 36.4 Å². The Kier molecular flexibility index (Phi) is 4.94. The zero-order chi connectivity index (χ0) is 15.2. The molecule has 1 aromatic heterocycles. The molecule has 0 aliphatic carbocycles. The summed E-state index contributed by atoms with van der Waals surface area (Å²) in [7, 11) is 0. The Morgan fingerprint density at radius 3 is 2.76 bits per heavy atom. The topological polar surface area (TPSA) is 75.6 Å². The average Bonchev–Trinajstić information content (AvgIpc) is 2.87. The number of hydrogen-bond donors (Lipinski definition) is 2. The van der Waals surface area contributed by atoms with Gasteiger partial charge in [-0.25, -0.2) is 4.79 Å². The lowest BCUT2D eigenvalue weighted by molar-refractivity contribution is -0.116. The van der Waals surface area contributed by atoms with Gasteiger partial charge in [0.2, 0.25) is 5.91 Å². The molecule has 1 heterocycles. The molecular formula is C15H15NO4S. The molecule has 0 bridgehead atoms. The summed E-state index contributed by atoms with van der Waals surface area (Å²) in [6, 6.07) is 10.6. The van der Waals surface area contributed by atoms with E-state index in [1.54, 1.807) is 6.07 Å². The molecule has 0 atom stereocenters. The summed E-state index contributed by atoms with van der Waals surface area (Å²) in [5, 5.41) is 12.0. The van der Waals surface area contributed by atoms with E-state index in [9.17, 15) is 9.59 Å². The molecule has 0 saturated carbocycles. The fourth-order valence-corrected chi connectivity index (χ4v) is 2.45. The summed E-state index contributed by atoms with van der Waals surface area (Å²) in [6.07, 6.45) is 0.203. The molecule has 0 spiro atoms. The van der Waals surface area contributed by atoms with E-state index >= 15 is 0 Å². The first-order valence-corrected chi connectivity index (χ1v) is 7.19. The lowest BCUT2D eigenvalue weighted by Gasteiger charge is -2.06. The van der Waals surface area contributed by atoms with Gasteiger partial charge in [-0.15, -0.1) is 11.3 Å². The number of benzene rings is 1. The minimum atomic E-state index is -0.997. The number of rotatable bonds is 6. The predicted molar refractivity (Wildman–Crippen MR) is 81.2 cm³/mol. The van der Waals surface area contributed by atoms with Crippen molar-refractivity contribution in [3.8, 4) is 5.75 Å². The highest BCUT2D eigenvalue weighted by Gasteiger charge is 2.09. The molecule has 1 amide bonds. The van der Waals surface area contributed by atoms with Crippen LogP contribution in [0.3, 0.4) is 0 Å². The van der Waals surface area contributed by atoms with Crippen LogP contribution in [0.1, 0.15) is 21.7 Å². The second-order valence-electron chi connectivity index (χ2n) is 4.43. The third-order valence-corrected chi connectivity index (χ3v) is 3.66. The number of carboxylic acid groups (broad SMARTS) is 1. The average molecular weight is 305 g/mol. The van der Waals surface area contributed by atoms with Gasteiger partial charge in [-0.2, -0.15) is 0 Å². The van der Waals surface area contributed by atoms with Crippen molar-refractivity contribution in [2.45, 2.75) is 13.3 Å². The first-order chi connectivity index (χ1) is 10.0. The van der Waals surface area contributed by atoms with Crippen LogP contribution in [0, 0.1) is 6.92 Å². The summed E-state index contributed by atoms with van der Waals surface area (Å²) in [4.78, 5) is 22.6. The Hall–Kier alpha value is -2.34. The third kappa shape index (κ3) is 4.61. The molecule has 110 valence electrons. The third-order valence-electron chi connectivity index (χ3n) is 2.67. The quantitative estimate of drug-likeness (QED) is 0.859. The molecule has 0 aliphatic rings. The summed E-state index contributed by atoms with van der Waals surface area (Å²) in [5.74, 6) is -0.475. The molecular weight excluding hydrogens is 290 g/mol. The molecule has 0 unspecified atom stereocenters. The van der Waals surface area contributed by atoms with E-state index in [1.165, 1.54) is 6.07 Å². The number of amides is 1. The second kappa shape index (κ2) is 6.90. The van der Waals surface area contributed by atoms with E-state index in [4.69, 9.17) is 9.84 Å². The number of thiophene rings is 1. The number of hydrogen-bond acceptors (Lipinski definition) is 4. The first-order valence-electron chi connectivity index (χ1n) is 6.37. The molecule has 2 N–H and O–H groups in total. The lowest BCUT2D eigenvalue weighted by atomic mass is 10.2. The zero-order valence-corrected chi connectivity index (χ0v) is 12.3. The van der Waals surface area contributed by atoms with Gasteiger partial charge < -0.3 is 15.2 Å². The van der Waals surface area contributed by atoms with E-state index < -0.39 is 5.97 Å². The highest BCUT2D eigenvalue weighted by molar-refractivity contribution is 7.18. The van der Waals surface area contributed by atoms with Crippen molar-refractivity contribution >= 4 is 28.2 Å². The van der Waals surface area contributed by atoms with E-state index in [1.807, 2.05) is 31.2 Å². The Bertz CT molecular complexity index is 651. The monoisotopic (exact) mass is 305 g/mol. The van der Waals surface area contributed by atoms with Gasteiger partial charge in [0.05, 0.1) is 18.0 Å². The van der Waals surface area contributed by atoms with Gasteiger partial charge in [-0.1, -0.05) is 12.1 Å². The highest BCUT2D eigenvalue weighted by atomic mass is 32.1. The van der Waals surface area contributed by atoms with Crippen molar-refractivity contribution in [1.82, 2.24) is 0 Å². The Balaban J connectivity index is 1.78. The van der Waals surface area contributed by atoms with Crippen LogP contribution in [-0.4, -0.2) is 23.6 Å². The van der Waals surface area contributed by atoms with Crippen molar-refractivity contribution in [2.24, 2.45) is 0 Å². The number of carboxylic acids is 1. The maximum atomic E-state index is 11.7. The Labute approximate surface area is 126 Å². The van der Waals surface area contributed by atoms with Crippen molar-refractivity contribution in [3.05, 3.63) is 46.8 Å². The van der Waals surface area contributed by atoms with E-state index in [-0.39, 0.29) is 23.8 Å². The minimum Gasteiger partial charge on any atom is -0.493 e. The summed E-state index contributed by atoms with van der Waals surface area (Å²) < 4.78 is 5.49. The molecule has 6 heteroatoms. The van der Waals surface area contributed by atoms with Crippen molar-refractivity contribution in [3.63, 3.8) is 0 Å². The maximum absolute atomic E-state index is 11.7. The second-order valence-corrected chi connectivity index (χ2v) is 5.52. The summed E-state index contributed by atoms with van der Waals surface area (Å²) >= 11 is 1.03. The van der Waals surface area contributed by atoms with Crippen LogP contribution in [0.4, 0.5) is 5.00 Å². The molecule has 21 heavy (non-hydrogen) atoms. The van der Waals surface area contributed by atoms with E-state index in [0.29, 0.717) is 5.00 Å². The molecule has 0 aliphatic heterocycles. The number of aryl methyl sites for hydroxylation is 1. The molecule has 0 fully saturated rings. The van der Waals surface area contributed by atoms with Gasteiger partial charge in [-0.05, 0) is 36.8 Å². The number of nitrogens with one attached hydrogen (secondary N) is 1. The van der Waals surface area contributed by atoms with Crippen LogP contribution < -0.4 is 10.1 Å². The fourth-order valence-electron chi connectivity index (χ4n) is 1.69. The molecule has 5 nitrogen and oxygen atoms in total. The normalized spacial score (nSPS) is 10.1. The predicted octanol–water partition coefficient (Wildman–Crippen LogP) is 3.16. The largest absolute Gasteiger partial charge is 0.493 e. The van der Waals surface area contributed by atoms with Crippen LogP contribution in [-0.2, 0) is 4.79 Å². The van der Waals surface area contributed by atoms with E-state index in [2.05, 4.69) is 5.32 Å². The van der Waals surface area contributed by atoms with Crippen molar-refractivity contribution < 1.29 is 19.4 Å². The highest BCUT2D eigenvalue weighted by Crippen LogP contribution is 2.21. The van der Waals surface area contributed by atoms with Gasteiger partial charge in [0.15, 0.2) is 0 Å².